The summed E-state index contributed by atoms with van der Waals surface area (Å²) in [4.78, 5) is 32.0. The summed E-state index contributed by atoms with van der Waals surface area (Å²) in [7, 11) is 0. The number of aromatic carboxylic acids is 1. The third-order valence-electron chi connectivity index (χ3n) is 4.52. The van der Waals surface area contributed by atoms with E-state index < -0.39 is 11.5 Å². The number of carbonyl (C=O) groups is 1. The second-order valence-electron chi connectivity index (χ2n) is 6.43. The SMILES string of the molecule is Cc1c(C(=O)O)sc2nc(/C(=C\c3ccc(F)cc3)c3ccccc3)[nH]c(=O)c12. The van der Waals surface area contributed by atoms with Gasteiger partial charge < -0.3 is 10.1 Å². The van der Waals surface area contributed by atoms with Gasteiger partial charge >= 0.3 is 5.97 Å². The maximum atomic E-state index is 13.3. The lowest BCUT2D eigenvalue weighted by atomic mass is 10.0. The monoisotopic (exact) mass is 406 g/mol. The lowest BCUT2D eigenvalue weighted by Crippen LogP contribution is -2.11. The number of benzene rings is 2. The normalized spacial score (nSPS) is 11.7. The fourth-order valence-corrected chi connectivity index (χ4v) is 4.13. The van der Waals surface area contributed by atoms with E-state index in [-0.39, 0.29) is 16.1 Å². The van der Waals surface area contributed by atoms with Crippen molar-refractivity contribution in [3.05, 3.63) is 98.2 Å². The van der Waals surface area contributed by atoms with E-state index in [1.54, 1.807) is 25.1 Å². The van der Waals surface area contributed by atoms with Gasteiger partial charge in [-0.25, -0.2) is 14.2 Å². The number of hydrogen-bond donors (Lipinski definition) is 2. The van der Waals surface area contributed by atoms with E-state index in [9.17, 15) is 19.1 Å². The van der Waals surface area contributed by atoms with Crippen molar-refractivity contribution in [3.63, 3.8) is 0 Å². The molecule has 5 nitrogen and oxygen atoms in total. The van der Waals surface area contributed by atoms with Gasteiger partial charge in [0, 0.05) is 5.57 Å². The molecule has 0 aliphatic heterocycles. The first-order valence-corrected chi connectivity index (χ1v) is 9.55. The number of aromatic amines is 1. The molecule has 0 aliphatic carbocycles. The molecule has 0 radical (unpaired) electrons. The van der Waals surface area contributed by atoms with Crippen molar-refractivity contribution in [2.24, 2.45) is 0 Å². The van der Waals surface area contributed by atoms with E-state index in [1.807, 2.05) is 30.3 Å². The summed E-state index contributed by atoms with van der Waals surface area (Å²) < 4.78 is 13.3. The number of thiophene rings is 1. The summed E-state index contributed by atoms with van der Waals surface area (Å²) in [6.45, 7) is 1.60. The van der Waals surface area contributed by atoms with E-state index in [2.05, 4.69) is 9.97 Å². The summed E-state index contributed by atoms with van der Waals surface area (Å²) in [5.74, 6) is -1.11. The number of aryl methyl sites for hydroxylation is 1. The second kappa shape index (κ2) is 7.44. The average molecular weight is 406 g/mol. The quantitative estimate of drug-likeness (QED) is 0.481. The molecular weight excluding hydrogens is 391 g/mol. The Morgan fingerprint density at radius 3 is 2.48 bits per heavy atom. The minimum Gasteiger partial charge on any atom is -0.477 e. The minimum absolute atomic E-state index is 0.0962. The van der Waals surface area contributed by atoms with Gasteiger partial charge in [0.15, 0.2) is 0 Å². The Bertz CT molecular complexity index is 1310. The molecule has 4 rings (SSSR count). The smallest absolute Gasteiger partial charge is 0.346 e. The van der Waals surface area contributed by atoms with Crippen molar-refractivity contribution >= 4 is 39.2 Å². The Morgan fingerprint density at radius 2 is 1.83 bits per heavy atom. The highest BCUT2D eigenvalue weighted by molar-refractivity contribution is 7.20. The van der Waals surface area contributed by atoms with Gasteiger partial charge in [0.1, 0.15) is 21.3 Å². The molecule has 144 valence electrons. The van der Waals surface area contributed by atoms with Crippen molar-refractivity contribution in [1.29, 1.82) is 0 Å². The summed E-state index contributed by atoms with van der Waals surface area (Å²) in [5, 5.41) is 9.64. The third-order valence-corrected chi connectivity index (χ3v) is 5.69. The summed E-state index contributed by atoms with van der Waals surface area (Å²) in [6.07, 6.45) is 1.80. The van der Waals surface area contributed by atoms with Crippen LogP contribution in [0.4, 0.5) is 4.39 Å². The van der Waals surface area contributed by atoms with Crippen LogP contribution in [-0.2, 0) is 0 Å². The van der Waals surface area contributed by atoms with Crippen LogP contribution in [0.3, 0.4) is 0 Å². The lowest BCUT2D eigenvalue weighted by Gasteiger charge is -2.08. The maximum absolute atomic E-state index is 13.3. The average Bonchev–Trinajstić information content (AvgIpc) is 3.05. The van der Waals surface area contributed by atoms with Crippen LogP contribution in [0.1, 0.15) is 32.2 Å². The predicted molar refractivity (Wildman–Crippen MR) is 112 cm³/mol. The maximum Gasteiger partial charge on any atom is 0.346 e. The van der Waals surface area contributed by atoms with Crippen molar-refractivity contribution < 1.29 is 14.3 Å². The summed E-state index contributed by atoms with van der Waals surface area (Å²) in [6, 6.07) is 15.3. The largest absolute Gasteiger partial charge is 0.477 e. The molecule has 2 aromatic carbocycles. The molecule has 0 spiro atoms. The second-order valence-corrected chi connectivity index (χ2v) is 7.43. The van der Waals surface area contributed by atoms with Crippen LogP contribution in [0.5, 0.6) is 0 Å². The van der Waals surface area contributed by atoms with E-state index in [4.69, 9.17) is 0 Å². The molecule has 2 N–H and O–H groups in total. The number of nitrogens with one attached hydrogen (secondary N) is 1. The van der Waals surface area contributed by atoms with Gasteiger partial charge in [-0.2, -0.15) is 0 Å². The number of carboxylic acid groups (broad SMARTS) is 1. The molecule has 0 atom stereocenters. The van der Waals surface area contributed by atoms with Crippen LogP contribution >= 0.6 is 11.3 Å². The molecule has 0 fully saturated rings. The Kier molecular flexibility index (Phi) is 4.82. The number of nitrogens with zero attached hydrogens (tertiary/aromatic N) is 1. The number of halogens is 1. The first kappa shape index (κ1) is 18.8. The molecule has 2 heterocycles. The number of aromatic nitrogens is 2. The zero-order chi connectivity index (χ0) is 20.5. The Balaban J connectivity index is 1.95. The predicted octanol–water partition coefficient (Wildman–Crippen LogP) is 4.72. The van der Waals surface area contributed by atoms with Gasteiger partial charge in [-0.3, -0.25) is 4.79 Å². The van der Waals surface area contributed by atoms with Gasteiger partial charge in [-0.15, -0.1) is 11.3 Å². The van der Waals surface area contributed by atoms with Gasteiger partial charge in [0.2, 0.25) is 0 Å². The number of carboxylic acids is 1. The highest BCUT2D eigenvalue weighted by Crippen LogP contribution is 2.29. The molecule has 4 aromatic rings. The van der Waals surface area contributed by atoms with Crippen molar-refractivity contribution in [1.82, 2.24) is 9.97 Å². The highest BCUT2D eigenvalue weighted by atomic mass is 32.1. The molecule has 0 saturated carbocycles. The lowest BCUT2D eigenvalue weighted by molar-refractivity contribution is 0.0701. The number of rotatable bonds is 4. The zero-order valence-electron chi connectivity index (χ0n) is 15.3. The van der Waals surface area contributed by atoms with Gasteiger partial charge in [0.25, 0.3) is 5.56 Å². The summed E-state index contributed by atoms with van der Waals surface area (Å²) >= 11 is 0.974. The number of fused-ring (bicyclic) bond motifs is 1. The third kappa shape index (κ3) is 3.60. The van der Waals surface area contributed by atoms with E-state index in [0.29, 0.717) is 21.8 Å². The van der Waals surface area contributed by atoms with Crippen LogP contribution in [0, 0.1) is 12.7 Å². The highest BCUT2D eigenvalue weighted by Gasteiger charge is 2.20. The molecule has 0 bridgehead atoms. The molecule has 0 amide bonds. The zero-order valence-corrected chi connectivity index (χ0v) is 16.1. The number of hydrogen-bond acceptors (Lipinski definition) is 4. The van der Waals surface area contributed by atoms with Crippen molar-refractivity contribution in [2.45, 2.75) is 6.92 Å². The molecule has 7 heteroatoms. The minimum atomic E-state index is -1.09. The van der Waals surface area contributed by atoms with Crippen LogP contribution < -0.4 is 5.56 Å². The van der Waals surface area contributed by atoms with Crippen LogP contribution in [-0.4, -0.2) is 21.0 Å². The van der Waals surface area contributed by atoms with Crippen LogP contribution in [0.2, 0.25) is 0 Å². The Labute approximate surface area is 168 Å². The first-order chi connectivity index (χ1) is 13.9. The van der Waals surface area contributed by atoms with Crippen molar-refractivity contribution in [2.75, 3.05) is 0 Å². The molecule has 0 aliphatic rings. The number of H-pyrrole nitrogens is 1. The van der Waals surface area contributed by atoms with Crippen molar-refractivity contribution in [3.8, 4) is 0 Å². The fraction of sp³-hybridized carbons (Fsp3) is 0.0455. The Hall–Kier alpha value is -3.58. The molecule has 0 unspecified atom stereocenters. The summed E-state index contributed by atoms with van der Waals surface area (Å²) in [5.41, 5.74) is 2.19. The first-order valence-electron chi connectivity index (χ1n) is 8.74. The van der Waals surface area contributed by atoms with Crippen LogP contribution in [0.25, 0.3) is 21.9 Å². The standard InChI is InChI=1S/C22H15FN2O3S/c1-12-17-20(26)24-19(25-21(17)29-18(12)22(27)28)16(14-5-3-2-4-6-14)11-13-7-9-15(23)10-8-13/h2-11H,1H3,(H,27,28)(H,24,25,26)/b16-11-. The van der Waals surface area contributed by atoms with E-state index in [1.165, 1.54) is 12.1 Å². The fourth-order valence-electron chi connectivity index (χ4n) is 3.11. The molecule has 0 saturated heterocycles. The van der Waals surface area contributed by atoms with E-state index >= 15 is 0 Å². The van der Waals surface area contributed by atoms with Crippen LogP contribution in [0.15, 0.2) is 59.4 Å². The van der Waals surface area contributed by atoms with Gasteiger partial charge in [0.05, 0.1) is 5.39 Å². The van der Waals surface area contributed by atoms with Gasteiger partial charge in [-0.1, -0.05) is 42.5 Å². The topological polar surface area (TPSA) is 83.0 Å². The van der Waals surface area contributed by atoms with E-state index in [0.717, 1.165) is 22.5 Å². The van der Waals surface area contributed by atoms with Gasteiger partial charge in [-0.05, 0) is 41.8 Å². The molecular formula is C22H15FN2O3S. The molecule has 29 heavy (non-hydrogen) atoms. The molecule has 2 aromatic heterocycles. The Morgan fingerprint density at radius 1 is 1.14 bits per heavy atom.